The second kappa shape index (κ2) is 8.02. The normalized spacial score (nSPS) is 18.4. The van der Waals surface area contributed by atoms with E-state index in [1.54, 1.807) is 30.3 Å². The number of hydrogen-bond acceptors (Lipinski definition) is 3. The van der Waals surface area contributed by atoms with E-state index in [4.69, 9.17) is 5.73 Å². The minimum atomic E-state index is -4.42. The van der Waals surface area contributed by atoms with Gasteiger partial charge in [0.25, 0.3) is 5.91 Å². The van der Waals surface area contributed by atoms with E-state index in [-0.39, 0.29) is 17.7 Å². The van der Waals surface area contributed by atoms with Crippen molar-refractivity contribution < 1.29 is 22.8 Å². The first-order chi connectivity index (χ1) is 13.3. The molecule has 2 aromatic carbocycles. The van der Waals surface area contributed by atoms with E-state index in [1.165, 1.54) is 6.07 Å². The molecule has 0 spiro atoms. The molecule has 148 valence electrons. The third kappa shape index (κ3) is 4.51. The van der Waals surface area contributed by atoms with Crippen LogP contribution in [0.3, 0.4) is 0 Å². The van der Waals surface area contributed by atoms with E-state index in [0.29, 0.717) is 36.3 Å². The zero-order valence-electron chi connectivity index (χ0n) is 14.9. The number of para-hydroxylation sites is 1. The molecule has 2 unspecified atom stereocenters. The molecule has 0 saturated heterocycles. The number of carbonyl (C=O) groups is 2. The van der Waals surface area contributed by atoms with Crippen LogP contribution in [0.2, 0.25) is 0 Å². The van der Waals surface area contributed by atoms with Gasteiger partial charge in [0.1, 0.15) is 0 Å². The van der Waals surface area contributed by atoms with Crippen LogP contribution in [0.5, 0.6) is 0 Å². The summed E-state index contributed by atoms with van der Waals surface area (Å²) in [6.45, 7) is 0.600. The van der Waals surface area contributed by atoms with E-state index in [1.807, 2.05) is 0 Å². The number of benzene rings is 2. The largest absolute Gasteiger partial charge is 0.416 e. The fourth-order valence-corrected chi connectivity index (χ4v) is 3.10. The second-order valence-electron chi connectivity index (χ2n) is 6.65. The Morgan fingerprint density at radius 1 is 1.11 bits per heavy atom. The third-order valence-electron chi connectivity index (χ3n) is 4.63. The molecule has 0 heterocycles. The number of halogens is 3. The Kier molecular flexibility index (Phi) is 5.69. The van der Waals surface area contributed by atoms with Crippen molar-refractivity contribution in [1.29, 1.82) is 0 Å². The van der Waals surface area contributed by atoms with Crippen LogP contribution in [0.4, 0.5) is 18.9 Å². The highest BCUT2D eigenvalue weighted by Crippen LogP contribution is 2.49. The number of carbonyl (C=O) groups excluding carboxylic acids is 2. The highest BCUT2D eigenvalue weighted by molar-refractivity contribution is 6.04. The van der Waals surface area contributed by atoms with Crippen molar-refractivity contribution in [2.75, 3.05) is 18.4 Å². The summed E-state index contributed by atoms with van der Waals surface area (Å²) in [6, 6.07) is 11.6. The molecule has 1 saturated carbocycles. The molecule has 1 aliphatic carbocycles. The highest BCUT2D eigenvalue weighted by Gasteiger charge is 2.45. The maximum absolute atomic E-state index is 12.9. The van der Waals surface area contributed by atoms with Gasteiger partial charge in [-0.1, -0.05) is 30.3 Å². The molecule has 1 aliphatic rings. The molecule has 2 atom stereocenters. The fourth-order valence-electron chi connectivity index (χ4n) is 3.10. The van der Waals surface area contributed by atoms with Crippen LogP contribution in [0.25, 0.3) is 0 Å². The molecule has 1 fully saturated rings. The lowest BCUT2D eigenvalue weighted by Crippen LogP contribution is -2.30. The predicted octanol–water partition coefficient (Wildman–Crippen LogP) is 3.14. The van der Waals surface area contributed by atoms with E-state index in [2.05, 4.69) is 10.6 Å². The number of amides is 2. The standard InChI is InChI=1S/C20H20F3N3O2/c21-20(22,23)13-5-3-4-12(10-13)15-11-16(15)19(28)26-17-7-2-1-6-14(17)18(27)25-9-8-24/h1-7,10,15-16H,8-9,11,24H2,(H,25,27)(H,26,28). The SMILES string of the molecule is NCCNC(=O)c1ccccc1NC(=O)C1CC1c1cccc(C(F)(F)F)c1. The second-order valence-corrected chi connectivity index (χ2v) is 6.65. The smallest absolute Gasteiger partial charge is 0.351 e. The van der Waals surface area contributed by atoms with Gasteiger partial charge in [0.15, 0.2) is 0 Å². The summed E-state index contributed by atoms with van der Waals surface area (Å²) in [5.41, 5.74) is 5.80. The number of rotatable bonds is 6. The summed E-state index contributed by atoms with van der Waals surface area (Å²) in [6.07, 6.45) is -3.95. The fraction of sp³-hybridized carbons (Fsp3) is 0.300. The van der Waals surface area contributed by atoms with Crippen LogP contribution in [0, 0.1) is 5.92 Å². The van der Waals surface area contributed by atoms with Gasteiger partial charge in [-0.15, -0.1) is 0 Å². The molecular weight excluding hydrogens is 371 g/mol. The van der Waals surface area contributed by atoms with Crippen molar-refractivity contribution in [2.24, 2.45) is 11.7 Å². The quantitative estimate of drug-likeness (QED) is 0.707. The van der Waals surface area contributed by atoms with Gasteiger partial charge >= 0.3 is 6.18 Å². The molecular formula is C20H20F3N3O2. The Morgan fingerprint density at radius 3 is 2.57 bits per heavy atom. The summed E-state index contributed by atoms with van der Waals surface area (Å²) < 4.78 is 38.6. The number of hydrogen-bond donors (Lipinski definition) is 3. The van der Waals surface area contributed by atoms with E-state index in [0.717, 1.165) is 12.1 Å². The van der Waals surface area contributed by atoms with Crippen molar-refractivity contribution in [2.45, 2.75) is 18.5 Å². The summed E-state index contributed by atoms with van der Waals surface area (Å²) in [5.74, 6) is -1.36. The van der Waals surface area contributed by atoms with Gasteiger partial charge in [0, 0.05) is 19.0 Å². The van der Waals surface area contributed by atoms with Gasteiger partial charge < -0.3 is 16.4 Å². The maximum atomic E-state index is 12.9. The van der Waals surface area contributed by atoms with Crippen LogP contribution >= 0.6 is 0 Å². The van der Waals surface area contributed by atoms with Crippen molar-refractivity contribution in [3.63, 3.8) is 0 Å². The Hall–Kier alpha value is -2.87. The molecule has 0 radical (unpaired) electrons. The molecule has 3 rings (SSSR count). The Balaban J connectivity index is 1.69. The summed E-state index contributed by atoms with van der Waals surface area (Å²) >= 11 is 0. The van der Waals surface area contributed by atoms with Gasteiger partial charge in [-0.3, -0.25) is 9.59 Å². The number of nitrogens with one attached hydrogen (secondary N) is 2. The lowest BCUT2D eigenvalue weighted by atomic mass is 10.0. The zero-order valence-corrected chi connectivity index (χ0v) is 14.9. The first-order valence-corrected chi connectivity index (χ1v) is 8.86. The van der Waals surface area contributed by atoms with Crippen molar-refractivity contribution in [3.8, 4) is 0 Å². The van der Waals surface area contributed by atoms with Crippen LogP contribution in [0.1, 0.15) is 33.8 Å². The van der Waals surface area contributed by atoms with Gasteiger partial charge in [-0.05, 0) is 36.1 Å². The molecule has 2 aromatic rings. The van der Waals surface area contributed by atoms with Crippen LogP contribution in [0.15, 0.2) is 48.5 Å². The Bertz CT molecular complexity index is 883. The van der Waals surface area contributed by atoms with Gasteiger partial charge in [-0.25, -0.2) is 0 Å². The minimum absolute atomic E-state index is 0.263. The molecule has 8 heteroatoms. The third-order valence-corrected chi connectivity index (χ3v) is 4.63. The van der Waals surface area contributed by atoms with Crippen LogP contribution in [-0.4, -0.2) is 24.9 Å². The molecule has 0 aromatic heterocycles. The van der Waals surface area contributed by atoms with Gasteiger partial charge in [0.05, 0.1) is 16.8 Å². The maximum Gasteiger partial charge on any atom is 0.416 e. The highest BCUT2D eigenvalue weighted by atomic mass is 19.4. The van der Waals surface area contributed by atoms with E-state index in [9.17, 15) is 22.8 Å². The predicted molar refractivity (Wildman–Crippen MR) is 98.8 cm³/mol. The van der Waals surface area contributed by atoms with E-state index >= 15 is 0 Å². The Labute approximate surface area is 160 Å². The topological polar surface area (TPSA) is 84.2 Å². The molecule has 5 nitrogen and oxygen atoms in total. The summed E-state index contributed by atoms with van der Waals surface area (Å²) in [7, 11) is 0. The monoisotopic (exact) mass is 391 g/mol. The molecule has 0 bridgehead atoms. The van der Waals surface area contributed by atoms with Gasteiger partial charge in [0.2, 0.25) is 5.91 Å². The van der Waals surface area contributed by atoms with Gasteiger partial charge in [-0.2, -0.15) is 13.2 Å². The molecule has 4 N–H and O–H groups in total. The lowest BCUT2D eigenvalue weighted by Gasteiger charge is -2.11. The summed E-state index contributed by atoms with van der Waals surface area (Å²) in [5, 5.41) is 5.36. The van der Waals surface area contributed by atoms with Crippen LogP contribution < -0.4 is 16.4 Å². The summed E-state index contributed by atoms with van der Waals surface area (Å²) in [4.78, 5) is 24.7. The molecule has 28 heavy (non-hydrogen) atoms. The number of alkyl halides is 3. The van der Waals surface area contributed by atoms with Crippen molar-refractivity contribution >= 4 is 17.5 Å². The molecule has 0 aliphatic heterocycles. The minimum Gasteiger partial charge on any atom is -0.351 e. The lowest BCUT2D eigenvalue weighted by molar-refractivity contribution is -0.137. The van der Waals surface area contributed by atoms with Crippen LogP contribution in [-0.2, 0) is 11.0 Å². The number of nitrogens with two attached hydrogens (primary N) is 1. The average Bonchev–Trinajstić information content (AvgIpc) is 3.47. The first-order valence-electron chi connectivity index (χ1n) is 8.86. The van der Waals surface area contributed by atoms with Crippen molar-refractivity contribution in [3.05, 3.63) is 65.2 Å². The average molecular weight is 391 g/mol. The first kappa shape index (κ1) is 19.9. The number of anilines is 1. The molecule has 2 amide bonds. The zero-order chi connectivity index (χ0) is 20.3. The van der Waals surface area contributed by atoms with E-state index < -0.39 is 17.7 Å². The Morgan fingerprint density at radius 2 is 1.86 bits per heavy atom. The van der Waals surface area contributed by atoms with Crippen molar-refractivity contribution in [1.82, 2.24) is 5.32 Å².